The highest BCUT2D eigenvalue weighted by atomic mass is 16.5. The van der Waals surface area contributed by atoms with Gasteiger partial charge in [-0.25, -0.2) is 14.5 Å². The van der Waals surface area contributed by atoms with Gasteiger partial charge in [-0.2, -0.15) is 15.5 Å². The SMILES string of the molecule is COc1ccc(C(=O)N2CCN(c3ccc(-c4cc(-c5cc6n(n5)CCC6)cn5ncc(C#N)c45)cn3)CC2)cn1. The molecule has 0 aromatic carbocycles. The summed E-state index contributed by atoms with van der Waals surface area (Å²) in [4.78, 5) is 25.9. The first-order valence-electron chi connectivity index (χ1n) is 13.6. The van der Waals surface area contributed by atoms with E-state index in [1.165, 1.54) is 5.69 Å². The summed E-state index contributed by atoms with van der Waals surface area (Å²) in [6.45, 7) is 3.47. The molecule has 0 N–H and O–H groups in total. The van der Waals surface area contributed by atoms with Crippen molar-refractivity contribution in [2.75, 3.05) is 38.2 Å². The lowest BCUT2D eigenvalue weighted by Gasteiger charge is -2.35. The average molecular weight is 546 g/mol. The third-order valence-electron chi connectivity index (χ3n) is 7.84. The van der Waals surface area contributed by atoms with E-state index in [9.17, 15) is 10.1 Å². The number of pyridine rings is 3. The lowest BCUT2D eigenvalue weighted by atomic mass is 10.0. The lowest BCUT2D eigenvalue weighted by Crippen LogP contribution is -2.49. The van der Waals surface area contributed by atoms with Gasteiger partial charge >= 0.3 is 0 Å². The summed E-state index contributed by atoms with van der Waals surface area (Å²) in [5.41, 5.74) is 6.67. The second kappa shape index (κ2) is 10.1. The molecule has 11 nitrogen and oxygen atoms in total. The molecule has 0 aliphatic carbocycles. The molecule has 1 fully saturated rings. The quantitative estimate of drug-likeness (QED) is 0.330. The van der Waals surface area contributed by atoms with E-state index in [0.29, 0.717) is 43.2 Å². The number of hydrogen-bond donors (Lipinski definition) is 0. The normalized spacial score (nSPS) is 14.7. The monoisotopic (exact) mass is 545 g/mol. The summed E-state index contributed by atoms with van der Waals surface area (Å²) in [7, 11) is 1.55. The number of piperazine rings is 1. The zero-order valence-corrected chi connectivity index (χ0v) is 22.6. The fourth-order valence-electron chi connectivity index (χ4n) is 5.65. The zero-order chi connectivity index (χ0) is 27.9. The Hall–Kier alpha value is -5.24. The van der Waals surface area contributed by atoms with Crippen LogP contribution in [0.25, 0.3) is 27.9 Å². The zero-order valence-electron chi connectivity index (χ0n) is 22.6. The Balaban J connectivity index is 1.12. The first-order valence-corrected chi connectivity index (χ1v) is 13.6. The van der Waals surface area contributed by atoms with E-state index in [1.54, 1.807) is 36.2 Å². The number of anilines is 1. The van der Waals surface area contributed by atoms with Crippen molar-refractivity contribution in [2.45, 2.75) is 19.4 Å². The van der Waals surface area contributed by atoms with Crippen LogP contribution in [0.2, 0.25) is 0 Å². The summed E-state index contributed by atoms with van der Waals surface area (Å²) >= 11 is 0. The van der Waals surface area contributed by atoms with Crippen LogP contribution >= 0.6 is 0 Å². The highest BCUT2D eigenvalue weighted by molar-refractivity contribution is 5.94. The van der Waals surface area contributed by atoms with Gasteiger partial charge in [0.2, 0.25) is 5.88 Å². The minimum absolute atomic E-state index is 0.0379. The van der Waals surface area contributed by atoms with Crippen molar-refractivity contribution in [3.63, 3.8) is 0 Å². The van der Waals surface area contributed by atoms with Crippen LogP contribution in [0.15, 0.2) is 61.2 Å². The summed E-state index contributed by atoms with van der Waals surface area (Å²) in [6.07, 6.45) is 9.09. The molecule has 0 bridgehead atoms. The summed E-state index contributed by atoms with van der Waals surface area (Å²) in [6, 6.07) is 14.0. The van der Waals surface area contributed by atoms with Crippen LogP contribution in [-0.2, 0) is 13.0 Å². The predicted octanol–water partition coefficient (Wildman–Crippen LogP) is 3.44. The molecule has 0 saturated carbocycles. The highest BCUT2D eigenvalue weighted by Crippen LogP contribution is 2.33. The summed E-state index contributed by atoms with van der Waals surface area (Å²) in [5.74, 6) is 1.29. The van der Waals surface area contributed by atoms with Crippen LogP contribution in [0.3, 0.4) is 0 Å². The number of fused-ring (bicyclic) bond motifs is 2. The molecular weight excluding hydrogens is 518 g/mol. The van der Waals surface area contributed by atoms with Crippen molar-refractivity contribution >= 4 is 17.2 Å². The number of nitrogens with zero attached hydrogens (tertiary/aromatic N) is 9. The predicted molar refractivity (Wildman–Crippen MR) is 152 cm³/mol. The maximum atomic E-state index is 12.9. The summed E-state index contributed by atoms with van der Waals surface area (Å²) in [5, 5.41) is 19.0. The van der Waals surface area contributed by atoms with Gasteiger partial charge in [0.05, 0.1) is 35.6 Å². The Morgan fingerprint density at radius 2 is 1.85 bits per heavy atom. The molecule has 204 valence electrons. The number of carbonyl (C=O) groups excluding carboxylic acids is 1. The minimum atomic E-state index is -0.0379. The number of rotatable bonds is 5. The van der Waals surface area contributed by atoms with E-state index in [0.717, 1.165) is 53.1 Å². The second-order valence-electron chi connectivity index (χ2n) is 10.2. The van der Waals surface area contributed by atoms with Crippen LogP contribution in [0.4, 0.5) is 5.82 Å². The molecule has 7 rings (SSSR count). The first kappa shape index (κ1) is 24.8. The second-order valence-corrected chi connectivity index (χ2v) is 10.2. The van der Waals surface area contributed by atoms with E-state index in [4.69, 9.17) is 14.8 Å². The standard InChI is InChI=1S/C30H27N9O2/c1-41-28-7-5-21(17-33-28)30(40)37-11-9-36(10-12-37)27-6-4-20(16-32-27)25-13-22(19-39-29(25)23(15-31)18-34-39)26-14-24-3-2-8-38(24)35-26/h4-7,13-14,16-19H,2-3,8-12H2,1H3. The maximum absolute atomic E-state index is 12.9. The molecule has 5 aromatic heterocycles. The first-order chi connectivity index (χ1) is 20.1. The van der Waals surface area contributed by atoms with Crippen molar-refractivity contribution in [1.29, 1.82) is 5.26 Å². The molecule has 2 aliphatic rings. The topological polar surface area (TPSA) is 117 Å². The molecule has 0 atom stereocenters. The van der Waals surface area contributed by atoms with Gasteiger partial charge < -0.3 is 14.5 Å². The largest absolute Gasteiger partial charge is 0.481 e. The molecule has 1 amide bonds. The Morgan fingerprint density at radius 1 is 0.976 bits per heavy atom. The van der Waals surface area contributed by atoms with Crippen LogP contribution < -0.4 is 9.64 Å². The third-order valence-corrected chi connectivity index (χ3v) is 7.84. The smallest absolute Gasteiger partial charge is 0.255 e. The minimum Gasteiger partial charge on any atom is -0.481 e. The number of methoxy groups -OCH3 is 1. The molecule has 11 heteroatoms. The van der Waals surface area contributed by atoms with Crippen molar-refractivity contribution in [1.82, 2.24) is 34.3 Å². The van der Waals surface area contributed by atoms with Gasteiger partial charge in [0.25, 0.3) is 5.91 Å². The molecule has 0 unspecified atom stereocenters. The van der Waals surface area contributed by atoms with E-state index in [1.807, 2.05) is 29.4 Å². The number of aromatic nitrogens is 6. The van der Waals surface area contributed by atoms with Gasteiger partial charge in [0, 0.05) is 79.8 Å². The number of amides is 1. The van der Waals surface area contributed by atoms with Gasteiger partial charge in [0.1, 0.15) is 11.9 Å². The maximum Gasteiger partial charge on any atom is 0.255 e. The van der Waals surface area contributed by atoms with Crippen molar-refractivity contribution < 1.29 is 9.53 Å². The molecule has 7 heterocycles. The van der Waals surface area contributed by atoms with Crippen molar-refractivity contribution in [3.8, 4) is 34.3 Å². The molecule has 41 heavy (non-hydrogen) atoms. The Kier molecular flexibility index (Phi) is 6.08. The fourth-order valence-corrected chi connectivity index (χ4v) is 5.65. The van der Waals surface area contributed by atoms with Gasteiger partial charge in [-0.1, -0.05) is 0 Å². The Bertz CT molecular complexity index is 1770. The fraction of sp³-hybridized carbons (Fsp3) is 0.267. The number of aryl methyl sites for hydroxylation is 2. The van der Waals surface area contributed by atoms with Gasteiger partial charge in [-0.3, -0.25) is 9.48 Å². The molecule has 1 saturated heterocycles. The number of nitriles is 1. The van der Waals surface area contributed by atoms with Gasteiger partial charge in [-0.15, -0.1) is 0 Å². The highest BCUT2D eigenvalue weighted by Gasteiger charge is 2.24. The number of hydrogen-bond acceptors (Lipinski definition) is 8. The average Bonchev–Trinajstić information content (AvgIpc) is 3.76. The molecule has 0 radical (unpaired) electrons. The van der Waals surface area contributed by atoms with Crippen molar-refractivity contribution in [2.24, 2.45) is 0 Å². The molecule has 0 spiro atoms. The van der Waals surface area contributed by atoms with E-state index in [-0.39, 0.29) is 5.91 Å². The van der Waals surface area contributed by atoms with Crippen LogP contribution in [0.1, 0.15) is 28.0 Å². The molecule has 2 aliphatic heterocycles. The lowest BCUT2D eigenvalue weighted by molar-refractivity contribution is 0.0746. The van der Waals surface area contributed by atoms with E-state index >= 15 is 0 Å². The van der Waals surface area contributed by atoms with Crippen LogP contribution in [0.5, 0.6) is 5.88 Å². The molecule has 5 aromatic rings. The van der Waals surface area contributed by atoms with Crippen molar-refractivity contribution in [3.05, 3.63) is 78.0 Å². The van der Waals surface area contributed by atoms with Gasteiger partial charge in [-0.05, 0) is 43.2 Å². The van der Waals surface area contributed by atoms with E-state index < -0.39 is 0 Å². The van der Waals surface area contributed by atoms with Crippen LogP contribution in [0, 0.1) is 11.3 Å². The Morgan fingerprint density at radius 3 is 2.56 bits per heavy atom. The summed E-state index contributed by atoms with van der Waals surface area (Å²) < 4.78 is 8.92. The third kappa shape index (κ3) is 4.43. The van der Waals surface area contributed by atoms with E-state index in [2.05, 4.69) is 37.9 Å². The molecular formula is C30H27N9O2. The number of ether oxygens (including phenoxy) is 1. The number of carbonyl (C=O) groups is 1. The van der Waals surface area contributed by atoms with Gasteiger partial charge in [0.15, 0.2) is 0 Å². The van der Waals surface area contributed by atoms with Crippen LogP contribution in [-0.4, -0.2) is 73.5 Å². The Labute approximate surface area is 236 Å².